The first kappa shape index (κ1) is 21.1. The van der Waals surface area contributed by atoms with E-state index >= 15 is 0 Å². The number of likely N-dealkylation sites (tertiary alicyclic amines) is 1. The van der Waals surface area contributed by atoms with Crippen molar-refractivity contribution in [3.05, 3.63) is 61.9 Å². The highest BCUT2D eigenvalue weighted by Gasteiger charge is 2.74. The van der Waals surface area contributed by atoms with Gasteiger partial charge in [-0.15, -0.1) is 23.2 Å². The Hall–Kier alpha value is -2.78. The predicted octanol–water partition coefficient (Wildman–Crippen LogP) is 0.985. The number of alkyl halides is 2. The summed E-state index contributed by atoms with van der Waals surface area (Å²) >= 11 is 14.0. The average molecular weight is 479 g/mol. The molecule has 0 unspecified atom stereocenters. The fourth-order valence-corrected chi connectivity index (χ4v) is 6.35. The number of amides is 2. The summed E-state index contributed by atoms with van der Waals surface area (Å²) in [5, 5.41) is 10.0. The van der Waals surface area contributed by atoms with Crippen LogP contribution >= 0.6 is 23.2 Å². The second-order valence-corrected chi connectivity index (χ2v) is 9.88. The zero-order valence-electron chi connectivity index (χ0n) is 17.5. The molecule has 2 amide bonds. The lowest BCUT2D eigenvalue weighted by molar-refractivity contribution is -0.137. The Morgan fingerprint density at radius 1 is 1.06 bits per heavy atom. The third kappa shape index (κ3) is 2.25. The zero-order valence-corrected chi connectivity index (χ0v) is 19.0. The summed E-state index contributed by atoms with van der Waals surface area (Å²) < 4.78 is 3.59. The van der Waals surface area contributed by atoms with Gasteiger partial charge in [0.05, 0.1) is 12.6 Å². The number of carbonyl (C=O) groups excluding carboxylic acids is 2. The van der Waals surface area contributed by atoms with Gasteiger partial charge in [0.2, 0.25) is 0 Å². The Bertz CT molecular complexity index is 1370. The monoisotopic (exact) mass is 478 g/mol. The molecule has 0 bridgehead atoms. The number of phenolic OH excluding ortho intramolecular Hbond substituents is 1. The van der Waals surface area contributed by atoms with Gasteiger partial charge >= 0.3 is 11.4 Å². The molecule has 1 aromatic heterocycles. The van der Waals surface area contributed by atoms with Crippen LogP contribution in [0.2, 0.25) is 0 Å². The van der Waals surface area contributed by atoms with E-state index in [0.29, 0.717) is 16.7 Å². The van der Waals surface area contributed by atoms with Gasteiger partial charge in [0.1, 0.15) is 5.75 Å². The third-order valence-electron chi connectivity index (χ3n) is 7.03. The maximum absolute atomic E-state index is 13.3. The number of imide groups is 1. The average Bonchev–Trinajstić information content (AvgIpc) is 3.05. The first-order valence-corrected chi connectivity index (χ1v) is 10.8. The van der Waals surface area contributed by atoms with Crippen LogP contribution in [-0.4, -0.2) is 52.5 Å². The molecule has 0 radical (unpaired) electrons. The number of hydrogen-bond acceptors (Lipinski definition) is 5. The van der Waals surface area contributed by atoms with Gasteiger partial charge < -0.3 is 5.11 Å². The lowest BCUT2D eigenvalue weighted by Crippen LogP contribution is -2.59. The van der Waals surface area contributed by atoms with E-state index in [9.17, 15) is 24.3 Å². The van der Waals surface area contributed by atoms with Crippen LogP contribution in [0.1, 0.15) is 29.5 Å². The van der Waals surface area contributed by atoms with Crippen molar-refractivity contribution in [1.29, 1.82) is 0 Å². The number of aromatic hydroxyl groups is 1. The molecule has 1 saturated heterocycles. The van der Waals surface area contributed by atoms with Crippen molar-refractivity contribution in [3.8, 4) is 5.75 Å². The van der Waals surface area contributed by atoms with Crippen molar-refractivity contribution < 1.29 is 14.7 Å². The van der Waals surface area contributed by atoms with Crippen LogP contribution < -0.4 is 11.4 Å². The molecule has 2 aromatic rings. The molecular weight excluding hydrogens is 459 g/mol. The number of aromatic nitrogens is 3. The van der Waals surface area contributed by atoms with Crippen molar-refractivity contribution in [2.75, 3.05) is 7.05 Å². The maximum Gasteiger partial charge on any atom is 0.347 e. The molecule has 0 spiro atoms. The molecule has 1 N–H and O–H groups in total. The van der Waals surface area contributed by atoms with Crippen molar-refractivity contribution in [2.45, 2.75) is 41.6 Å². The molecule has 32 heavy (non-hydrogen) atoms. The van der Waals surface area contributed by atoms with Gasteiger partial charge in [0, 0.05) is 26.4 Å². The van der Waals surface area contributed by atoms with E-state index < -0.39 is 44.9 Å². The van der Waals surface area contributed by atoms with Gasteiger partial charge in [-0.25, -0.2) is 23.5 Å². The SMILES string of the molecule is Cc1cc([C@H]2C3=CCn4c(=O)n(C)c(=O)n4[C@@H]3C[C@@]3(Cl)C(=O)N(C)C(=O)[C@@]23Cl)ccc1O. The van der Waals surface area contributed by atoms with Crippen LogP contribution in [-0.2, 0) is 23.2 Å². The highest BCUT2D eigenvalue weighted by molar-refractivity contribution is 6.53. The minimum Gasteiger partial charge on any atom is -0.508 e. The Morgan fingerprint density at radius 3 is 2.41 bits per heavy atom. The molecule has 2 aliphatic heterocycles. The molecule has 3 heterocycles. The topological polar surface area (TPSA) is 107 Å². The Morgan fingerprint density at radius 2 is 1.75 bits per heavy atom. The van der Waals surface area contributed by atoms with Crippen LogP contribution in [0.3, 0.4) is 0 Å². The number of nitrogens with zero attached hydrogens (tertiary/aromatic N) is 4. The number of phenols is 1. The van der Waals surface area contributed by atoms with Gasteiger partial charge in [-0.2, -0.15) is 0 Å². The van der Waals surface area contributed by atoms with Gasteiger partial charge in [-0.05, 0) is 29.7 Å². The Labute approximate surface area is 192 Å². The number of allylic oxidation sites excluding steroid dienone is 2. The van der Waals surface area contributed by atoms with Gasteiger partial charge in [0.25, 0.3) is 11.8 Å². The van der Waals surface area contributed by atoms with Crippen molar-refractivity contribution in [1.82, 2.24) is 18.8 Å². The van der Waals surface area contributed by atoms with Crippen LogP contribution in [0, 0.1) is 6.92 Å². The van der Waals surface area contributed by atoms with Crippen LogP contribution in [0.15, 0.2) is 39.4 Å². The van der Waals surface area contributed by atoms with Crippen molar-refractivity contribution in [2.24, 2.45) is 7.05 Å². The van der Waals surface area contributed by atoms with E-state index in [4.69, 9.17) is 23.2 Å². The van der Waals surface area contributed by atoms with Crippen LogP contribution in [0.25, 0.3) is 0 Å². The summed E-state index contributed by atoms with van der Waals surface area (Å²) in [6, 6.07) is 4.06. The predicted molar refractivity (Wildman–Crippen MR) is 116 cm³/mol. The lowest BCUT2D eigenvalue weighted by atomic mass is 9.64. The molecule has 1 aromatic carbocycles. The quantitative estimate of drug-likeness (QED) is 0.373. The summed E-state index contributed by atoms with van der Waals surface area (Å²) in [5.41, 5.74) is 0.733. The van der Waals surface area contributed by atoms with E-state index in [0.717, 1.165) is 9.47 Å². The molecule has 168 valence electrons. The third-order valence-corrected chi connectivity index (χ3v) is 8.44. The summed E-state index contributed by atoms with van der Waals surface area (Å²) in [7, 11) is 2.71. The smallest absolute Gasteiger partial charge is 0.347 e. The number of benzene rings is 1. The second kappa shape index (κ2) is 6.39. The standard InChI is InChI=1S/C21H20Cl2N4O5/c1-10-8-11(4-5-14(10)28)15-12-6-7-26-18(31)25(3)19(32)27(26)13(12)9-20(22)16(29)24(2)17(30)21(15,20)23/h4-6,8,13,15,28H,7,9H2,1-3H3/t13-,15+,20-,21+/m1/s1. The number of hydrogen-bond donors (Lipinski definition) is 1. The summed E-state index contributed by atoms with van der Waals surface area (Å²) in [4.78, 5) is 49.2. The molecule has 4 atom stereocenters. The van der Waals surface area contributed by atoms with E-state index in [2.05, 4.69) is 0 Å². The van der Waals surface area contributed by atoms with Crippen molar-refractivity contribution >= 4 is 35.0 Å². The van der Waals surface area contributed by atoms with Gasteiger partial charge in [0.15, 0.2) is 9.75 Å². The molecule has 1 aliphatic carbocycles. The van der Waals surface area contributed by atoms with Gasteiger partial charge in [-0.3, -0.25) is 14.5 Å². The fourth-order valence-electron chi connectivity index (χ4n) is 5.35. The molecule has 3 aliphatic rings. The minimum atomic E-state index is -1.84. The number of aryl methyl sites for hydroxylation is 1. The summed E-state index contributed by atoms with van der Waals surface area (Å²) in [5.74, 6) is -2.07. The molecular formula is C21H20Cl2N4O5. The van der Waals surface area contributed by atoms with Crippen molar-refractivity contribution in [3.63, 3.8) is 0 Å². The second-order valence-electron chi connectivity index (χ2n) is 8.64. The Balaban J connectivity index is 1.83. The summed E-state index contributed by atoms with van der Waals surface area (Å²) in [6.45, 7) is 1.81. The lowest BCUT2D eigenvalue weighted by Gasteiger charge is -2.49. The van der Waals surface area contributed by atoms with E-state index in [1.165, 1.54) is 29.5 Å². The number of rotatable bonds is 1. The molecule has 9 nitrogen and oxygen atoms in total. The number of carbonyl (C=O) groups is 2. The van der Waals surface area contributed by atoms with E-state index in [-0.39, 0.29) is 18.7 Å². The largest absolute Gasteiger partial charge is 0.508 e. The zero-order chi connectivity index (χ0) is 23.3. The molecule has 5 rings (SSSR count). The highest BCUT2D eigenvalue weighted by Crippen LogP contribution is 2.63. The number of fused-ring (bicyclic) bond motifs is 4. The first-order valence-electron chi connectivity index (χ1n) is 10.0. The van der Waals surface area contributed by atoms with E-state index in [1.807, 2.05) is 0 Å². The molecule has 1 saturated carbocycles. The minimum absolute atomic E-state index is 0.0681. The van der Waals surface area contributed by atoms with Gasteiger partial charge in [-0.1, -0.05) is 18.2 Å². The Kier molecular flexibility index (Phi) is 4.21. The first-order chi connectivity index (χ1) is 14.9. The summed E-state index contributed by atoms with van der Waals surface area (Å²) in [6.07, 6.45) is 1.64. The maximum atomic E-state index is 13.3. The highest BCUT2D eigenvalue weighted by atomic mass is 35.5. The number of halogens is 2. The molecule has 2 fully saturated rings. The fraction of sp³-hybridized carbons (Fsp3) is 0.429. The normalized spacial score (nSPS) is 31.3. The van der Waals surface area contributed by atoms with E-state index in [1.54, 1.807) is 25.1 Å². The van der Waals surface area contributed by atoms with Crippen LogP contribution in [0.5, 0.6) is 5.75 Å². The van der Waals surface area contributed by atoms with Crippen LogP contribution in [0.4, 0.5) is 0 Å². The molecule has 11 heteroatoms.